The smallest absolute Gasteiger partial charge is 0.154 e. The summed E-state index contributed by atoms with van der Waals surface area (Å²) in [7, 11) is 0. The molecule has 0 amide bonds. The summed E-state index contributed by atoms with van der Waals surface area (Å²) in [4.78, 5) is 8.67. The van der Waals surface area contributed by atoms with E-state index in [1.165, 1.54) is 4.90 Å². The van der Waals surface area contributed by atoms with Gasteiger partial charge in [0, 0.05) is 30.7 Å². The SMILES string of the molecule is N=C1N=C(N)c2cc(Sc3ccccc3)c(Sc3ccccc3)cc21. The molecule has 0 radical (unpaired) electrons. The second-order valence-corrected chi connectivity index (χ2v) is 7.75. The van der Waals surface area contributed by atoms with E-state index in [1.807, 2.05) is 42.5 Å². The van der Waals surface area contributed by atoms with Crippen molar-refractivity contribution in [1.29, 1.82) is 5.41 Å². The molecule has 3 aromatic rings. The molecule has 1 heterocycles. The Hall–Kier alpha value is -2.50. The lowest BCUT2D eigenvalue weighted by Crippen LogP contribution is -2.10. The van der Waals surface area contributed by atoms with E-state index in [4.69, 9.17) is 11.1 Å². The second kappa shape index (κ2) is 6.78. The zero-order valence-electron chi connectivity index (χ0n) is 13.3. The summed E-state index contributed by atoms with van der Waals surface area (Å²) in [5, 5.41) is 8.05. The molecule has 3 N–H and O–H groups in total. The third-order valence-electron chi connectivity index (χ3n) is 3.79. The van der Waals surface area contributed by atoms with Gasteiger partial charge in [-0.05, 0) is 36.4 Å². The summed E-state index contributed by atoms with van der Waals surface area (Å²) in [5.74, 6) is 0.657. The van der Waals surface area contributed by atoms with Gasteiger partial charge >= 0.3 is 0 Å². The third-order valence-corrected chi connectivity index (χ3v) is 6.05. The van der Waals surface area contributed by atoms with Gasteiger partial charge in [-0.25, -0.2) is 4.99 Å². The minimum atomic E-state index is 0.235. The number of aliphatic imine (C=N–C) groups is 1. The Bertz CT molecular complexity index is 967. The van der Waals surface area contributed by atoms with Crippen molar-refractivity contribution in [1.82, 2.24) is 0 Å². The lowest BCUT2D eigenvalue weighted by Gasteiger charge is -2.12. The Labute approximate surface area is 154 Å². The van der Waals surface area contributed by atoms with Gasteiger partial charge in [0.05, 0.1) is 0 Å². The van der Waals surface area contributed by atoms with Crippen LogP contribution in [0.25, 0.3) is 0 Å². The average molecular weight is 361 g/mol. The Balaban J connectivity index is 1.78. The zero-order valence-corrected chi connectivity index (χ0v) is 14.9. The number of fused-ring (bicyclic) bond motifs is 1. The lowest BCUT2D eigenvalue weighted by atomic mass is 10.1. The molecule has 0 unspecified atom stereocenters. The summed E-state index contributed by atoms with van der Waals surface area (Å²) in [6, 6.07) is 24.6. The number of nitrogens with one attached hydrogen (secondary N) is 1. The van der Waals surface area contributed by atoms with E-state index in [2.05, 4.69) is 35.3 Å². The molecule has 0 spiro atoms. The van der Waals surface area contributed by atoms with E-state index in [-0.39, 0.29) is 5.84 Å². The first-order chi connectivity index (χ1) is 12.2. The molecular formula is C20H15N3S2. The third kappa shape index (κ3) is 3.34. The van der Waals surface area contributed by atoms with E-state index in [0.29, 0.717) is 5.84 Å². The van der Waals surface area contributed by atoms with Crippen LogP contribution in [0.4, 0.5) is 0 Å². The van der Waals surface area contributed by atoms with Gasteiger partial charge < -0.3 is 5.73 Å². The number of hydrogen-bond donors (Lipinski definition) is 2. The molecule has 0 aliphatic carbocycles. The van der Waals surface area contributed by atoms with E-state index in [9.17, 15) is 0 Å². The Morgan fingerprint density at radius 1 is 0.720 bits per heavy atom. The fraction of sp³-hybridized carbons (Fsp3) is 0. The maximum Gasteiger partial charge on any atom is 0.154 e. The number of nitrogens with two attached hydrogens (primary N) is 1. The van der Waals surface area contributed by atoms with Gasteiger partial charge in [0.25, 0.3) is 0 Å². The highest BCUT2D eigenvalue weighted by Crippen LogP contribution is 2.41. The summed E-state index contributed by atoms with van der Waals surface area (Å²) in [5.41, 5.74) is 7.64. The molecule has 1 aliphatic rings. The number of nitrogens with zero attached hydrogens (tertiary/aromatic N) is 1. The van der Waals surface area contributed by atoms with E-state index < -0.39 is 0 Å². The van der Waals surface area contributed by atoms with Crippen LogP contribution in [-0.4, -0.2) is 11.7 Å². The number of hydrogen-bond acceptors (Lipinski definition) is 4. The molecule has 0 saturated heterocycles. The first-order valence-corrected chi connectivity index (χ1v) is 9.41. The predicted octanol–water partition coefficient (Wildman–Crippen LogP) is 5.03. The lowest BCUT2D eigenvalue weighted by molar-refractivity contribution is 1.22. The molecule has 122 valence electrons. The first-order valence-electron chi connectivity index (χ1n) is 7.78. The van der Waals surface area contributed by atoms with Crippen molar-refractivity contribution in [2.24, 2.45) is 10.7 Å². The topological polar surface area (TPSA) is 62.2 Å². The van der Waals surface area contributed by atoms with Crippen LogP contribution < -0.4 is 5.73 Å². The second-order valence-electron chi connectivity index (χ2n) is 5.52. The minimum absolute atomic E-state index is 0.235. The molecule has 0 fully saturated rings. The molecule has 3 nitrogen and oxygen atoms in total. The van der Waals surface area contributed by atoms with Gasteiger partial charge in [-0.2, -0.15) is 0 Å². The zero-order chi connectivity index (χ0) is 17.2. The summed E-state index contributed by atoms with van der Waals surface area (Å²) >= 11 is 3.39. The molecule has 0 saturated carbocycles. The Morgan fingerprint density at radius 2 is 1.20 bits per heavy atom. The standard InChI is InChI=1S/C20H15N3S2/c21-19-15-11-17(24-13-7-3-1-4-8-13)18(12-16(15)20(22)23-19)25-14-9-5-2-6-10-14/h1-12H,(H3,21,22,23). The summed E-state index contributed by atoms with van der Waals surface area (Å²) < 4.78 is 0. The van der Waals surface area contributed by atoms with Crippen molar-refractivity contribution < 1.29 is 0 Å². The van der Waals surface area contributed by atoms with Crippen molar-refractivity contribution in [2.75, 3.05) is 0 Å². The monoisotopic (exact) mass is 361 g/mol. The molecule has 25 heavy (non-hydrogen) atoms. The van der Waals surface area contributed by atoms with Crippen molar-refractivity contribution in [3.8, 4) is 0 Å². The maximum atomic E-state index is 8.05. The normalized spacial score (nSPS) is 12.8. The summed E-state index contributed by atoms with van der Waals surface area (Å²) in [6.07, 6.45) is 0. The van der Waals surface area contributed by atoms with Crippen molar-refractivity contribution >= 4 is 35.2 Å². The van der Waals surface area contributed by atoms with Crippen LogP contribution in [0.15, 0.2) is 97.4 Å². The number of rotatable bonds is 4. The van der Waals surface area contributed by atoms with Gasteiger partial charge in [-0.15, -0.1) is 0 Å². The van der Waals surface area contributed by atoms with Crippen LogP contribution in [0.3, 0.4) is 0 Å². The van der Waals surface area contributed by atoms with E-state index in [1.54, 1.807) is 23.5 Å². The van der Waals surface area contributed by atoms with Crippen LogP contribution >= 0.6 is 23.5 Å². The van der Waals surface area contributed by atoms with Crippen LogP contribution in [0.5, 0.6) is 0 Å². The highest BCUT2D eigenvalue weighted by Gasteiger charge is 2.22. The van der Waals surface area contributed by atoms with Crippen molar-refractivity contribution in [3.05, 3.63) is 83.9 Å². The molecule has 1 aliphatic heterocycles. The molecule has 0 aromatic heterocycles. The molecule has 0 bridgehead atoms. The molecule has 5 heteroatoms. The predicted molar refractivity (Wildman–Crippen MR) is 105 cm³/mol. The van der Waals surface area contributed by atoms with Gasteiger partial charge in [0.2, 0.25) is 0 Å². The van der Waals surface area contributed by atoms with Crippen LogP contribution in [-0.2, 0) is 0 Å². The van der Waals surface area contributed by atoms with Gasteiger partial charge in [0.1, 0.15) is 5.84 Å². The van der Waals surface area contributed by atoms with Crippen molar-refractivity contribution in [2.45, 2.75) is 19.6 Å². The highest BCUT2D eigenvalue weighted by molar-refractivity contribution is 8.02. The molecular weight excluding hydrogens is 346 g/mol. The Morgan fingerprint density at radius 3 is 1.72 bits per heavy atom. The molecule has 4 rings (SSSR count). The minimum Gasteiger partial charge on any atom is -0.383 e. The largest absolute Gasteiger partial charge is 0.383 e. The molecule has 3 aromatic carbocycles. The quantitative estimate of drug-likeness (QED) is 0.685. The van der Waals surface area contributed by atoms with Gasteiger partial charge in [0.15, 0.2) is 5.84 Å². The van der Waals surface area contributed by atoms with E-state index >= 15 is 0 Å². The maximum absolute atomic E-state index is 8.05. The Kier molecular flexibility index (Phi) is 4.34. The van der Waals surface area contributed by atoms with Gasteiger partial charge in [-0.3, -0.25) is 5.41 Å². The van der Waals surface area contributed by atoms with E-state index in [0.717, 1.165) is 25.8 Å². The fourth-order valence-electron chi connectivity index (χ4n) is 2.60. The van der Waals surface area contributed by atoms with Crippen LogP contribution in [0.1, 0.15) is 11.1 Å². The average Bonchev–Trinajstić information content (AvgIpc) is 2.90. The summed E-state index contributed by atoms with van der Waals surface area (Å²) in [6.45, 7) is 0. The fourth-order valence-corrected chi connectivity index (χ4v) is 4.62. The first kappa shape index (κ1) is 16.0. The van der Waals surface area contributed by atoms with Crippen LogP contribution in [0.2, 0.25) is 0 Å². The number of benzene rings is 3. The van der Waals surface area contributed by atoms with Crippen LogP contribution in [0, 0.1) is 5.41 Å². The van der Waals surface area contributed by atoms with Gasteiger partial charge in [-0.1, -0.05) is 59.9 Å². The number of amidine groups is 2. The molecule has 0 atom stereocenters. The highest BCUT2D eigenvalue weighted by atomic mass is 32.2. The van der Waals surface area contributed by atoms with Crippen molar-refractivity contribution in [3.63, 3.8) is 0 Å².